The lowest BCUT2D eigenvalue weighted by atomic mass is 9.96. The summed E-state index contributed by atoms with van der Waals surface area (Å²) in [7, 11) is 1.95. The zero-order valence-electron chi connectivity index (χ0n) is 19.6. The van der Waals surface area contributed by atoms with E-state index in [4.69, 9.17) is 0 Å². The summed E-state index contributed by atoms with van der Waals surface area (Å²) >= 11 is 0. The second-order valence-corrected chi connectivity index (χ2v) is 9.15. The number of nitrogens with one attached hydrogen (secondary N) is 1. The molecule has 1 atom stereocenters. The maximum absolute atomic E-state index is 13.6. The fourth-order valence-corrected chi connectivity index (χ4v) is 4.97. The largest absolute Gasteiger partial charge is 0.350 e. The first-order valence-corrected chi connectivity index (χ1v) is 11.8. The normalized spacial score (nSPS) is 15.9. The number of fused-ring (bicyclic) bond motifs is 1. The highest BCUT2D eigenvalue weighted by Crippen LogP contribution is 2.27. The average Bonchev–Trinajstić information content (AvgIpc) is 3.20. The molecular weight excluding hydrogens is 422 g/mol. The quantitative estimate of drug-likeness (QED) is 0.464. The molecule has 1 fully saturated rings. The Bertz CT molecular complexity index is 1370. The van der Waals surface area contributed by atoms with Crippen molar-refractivity contribution in [2.45, 2.75) is 25.8 Å². The summed E-state index contributed by atoms with van der Waals surface area (Å²) in [4.78, 5) is 28.6. The molecule has 0 aliphatic carbocycles. The third-order valence-corrected chi connectivity index (χ3v) is 6.67. The lowest BCUT2D eigenvalue weighted by Gasteiger charge is -2.33. The minimum Gasteiger partial charge on any atom is -0.350 e. The van der Waals surface area contributed by atoms with E-state index in [1.165, 1.54) is 0 Å². The predicted octanol–water partition coefficient (Wildman–Crippen LogP) is 5.19. The number of carbonyl (C=O) groups is 2. The van der Waals surface area contributed by atoms with E-state index in [0.717, 1.165) is 40.4 Å². The van der Waals surface area contributed by atoms with Crippen molar-refractivity contribution in [1.82, 2.24) is 14.8 Å². The number of hydrogen-bond acceptors (Lipinski definition) is 2. The van der Waals surface area contributed by atoms with Crippen LogP contribution < -0.4 is 5.32 Å². The molecule has 5 nitrogen and oxygen atoms in total. The van der Waals surface area contributed by atoms with Crippen LogP contribution >= 0.6 is 0 Å². The van der Waals surface area contributed by atoms with Crippen molar-refractivity contribution in [3.05, 3.63) is 95.7 Å². The lowest BCUT2D eigenvalue weighted by molar-refractivity contribution is 0.0677. The molecule has 2 amide bonds. The van der Waals surface area contributed by atoms with Crippen LogP contribution in [0, 0.1) is 6.92 Å². The van der Waals surface area contributed by atoms with Crippen LogP contribution in [0.2, 0.25) is 0 Å². The number of benzene rings is 3. The first kappa shape index (κ1) is 22.0. The SMILES string of the molecule is Cc1cccc(-c2ccccc2C(=O)N2CCC[C@@H](NC(=O)c3cn(C)c4ccccc34)C2)c1. The molecule has 172 valence electrons. The van der Waals surface area contributed by atoms with Crippen LogP contribution in [0.5, 0.6) is 0 Å². The molecule has 0 spiro atoms. The molecule has 0 radical (unpaired) electrons. The first-order valence-electron chi connectivity index (χ1n) is 11.8. The van der Waals surface area contributed by atoms with Crippen LogP contribution in [-0.2, 0) is 7.05 Å². The summed E-state index contributed by atoms with van der Waals surface area (Å²) in [6.07, 6.45) is 3.60. The van der Waals surface area contributed by atoms with Gasteiger partial charge in [0.2, 0.25) is 0 Å². The Balaban J connectivity index is 1.34. The second-order valence-electron chi connectivity index (χ2n) is 9.15. The number of hydrogen-bond donors (Lipinski definition) is 1. The molecule has 1 saturated heterocycles. The standard InChI is InChI=1S/C29H29N3O2/c1-20-9-7-10-21(17-20)23-12-3-4-14-25(23)29(34)32-16-8-11-22(18-32)30-28(33)26-19-31(2)27-15-6-5-13-24(26)27/h3-7,9-10,12-15,17,19,22H,8,11,16,18H2,1-2H3,(H,30,33)/t22-/m1/s1. The minimum atomic E-state index is -0.0868. The molecule has 5 rings (SSSR count). The number of aryl methyl sites for hydroxylation is 2. The van der Waals surface area contributed by atoms with Crippen LogP contribution in [0.3, 0.4) is 0 Å². The van der Waals surface area contributed by atoms with Gasteiger partial charge in [-0.3, -0.25) is 9.59 Å². The number of carbonyl (C=O) groups excluding carboxylic acids is 2. The van der Waals surface area contributed by atoms with Crippen molar-refractivity contribution in [3.8, 4) is 11.1 Å². The zero-order chi connectivity index (χ0) is 23.7. The molecule has 2 heterocycles. The predicted molar refractivity (Wildman–Crippen MR) is 136 cm³/mol. The van der Waals surface area contributed by atoms with Crippen LogP contribution in [0.15, 0.2) is 79.0 Å². The topological polar surface area (TPSA) is 54.3 Å². The van der Waals surface area contributed by atoms with Crippen molar-refractivity contribution in [2.24, 2.45) is 7.05 Å². The molecule has 1 aromatic heterocycles. The highest BCUT2D eigenvalue weighted by molar-refractivity contribution is 6.07. The van der Waals surface area contributed by atoms with Crippen LogP contribution in [0.25, 0.3) is 22.0 Å². The monoisotopic (exact) mass is 451 g/mol. The molecule has 3 aromatic carbocycles. The Morgan fingerprint density at radius 3 is 2.59 bits per heavy atom. The third kappa shape index (κ3) is 4.21. The Kier molecular flexibility index (Phi) is 5.93. The Morgan fingerprint density at radius 1 is 0.941 bits per heavy atom. The summed E-state index contributed by atoms with van der Waals surface area (Å²) in [5.74, 6) is -0.0718. The summed E-state index contributed by atoms with van der Waals surface area (Å²) in [5.41, 5.74) is 5.55. The van der Waals surface area contributed by atoms with E-state index in [0.29, 0.717) is 24.2 Å². The lowest BCUT2D eigenvalue weighted by Crippen LogP contribution is -2.49. The average molecular weight is 452 g/mol. The molecule has 1 aliphatic rings. The molecule has 1 aliphatic heterocycles. The summed E-state index contributed by atoms with van der Waals surface area (Å²) in [6.45, 7) is 3.26. The number of para-hydroxylation sites is 1. The molecule has 34 heavy (non-hydrogen) atoms. The number of likely N-dealkylation sites (tertiary alicyclic amines) is 1. The number of piperidine rings is 1. The van der Waals surface area contributed by atoms with Crippen molar-refractivity contribution >= 4 is 22.7 Å². The van der Waals surface area contributed by atoms with Gasteiger partial charge in [-0.25, -0.2) is 0 Å². The van der Waals surface area contributed by atoms with E-state index < -0.39 is 0 Å². The maximum atomic E-state index is 13.6. The third-order valence-electron chi connectivity index (χ3n) is 6.67. The minimum absolute atomic E-state index is 0.0150. The van der Waals surface area contributed by atoms with Crippen molar-refractivity contribution in [3.63, 3.8) is 0 Å². The fourth-order valence-electron chi connectivity index (χ4n) is 4.97. The molecular formula is C29H29N3O2. The van der Waals surface area contributed by atoms with Crippen molar-refractivity contribution in [2.75, 3.05) is 13.1 Å². The van der Waals surface area contributed by atoms with Gasteiger partial charge in [0.1, 0.15) is 0 Å². The van der Waals surface area contributed by atoms with E-state index in [1.807, 2.05) is 83.4 Å². The summed E-state index contributed by atoms with van der Waals surface area (Å²) < 4.78 is 1.98. The van der Waals surface area contributed by atoms with Gasteiger partial charge in [0, 0.05) is 48.8 Å². The molecule has 5 heteroatoms. The Hall–Kier alpha value is -3.86. The summed E-state index contributed by atoms with van der Waals surface area (Å²) in [6, 6.07) is 23.9. The van der Waals surface area contributed by atoms with Gasteiger partial charge in [0.05, 0.1) is 5.56 Å². The van der Waals surface area contributed by atoms with E-state index in [1.54, 1.807) is 0 Å². The fraction of sp³-hybridized carbons (Fsp3) is 0.241. The highest BCUT2D eigenvalue weighted by Gasteiger charge is 2.27. The van der Waals surface area contributed by atoms with Gasteiger partial charge in [-0.05, 0) is 43.0 Å². The zero-order valence-corrected chi connectivity index (χ0v) is 19.6. The molecule has 0 saturated carbocycles. The Labute approximate surface area is 200 Å². The van der Waals surface area contributed by atoms with Gasteiger partial charge < -0.3 is 14.8 Å². The first-order chi connectivity index (χ1) is 16.5. The molecule has 0 unspecified atom stereocenters. The van der Waals surface area contributed by atoms with Crippen LogP contribution in [0.1, 0.15) is 39.1 Å². The summed E-state index contributed by atoms with van der Waals surface area (Å²) in [5, 5.41) is 4.13. The maximum Gasteiger partial charge on any atom is 0.254 e. The molecule has 0 bridgehead atoms. The van der Waals surface area contributed by atoms with Crippen molar-refractivity contribution < 1.29 is 9.59 Å². The van der Waals surface area contributed by atoms with Gasteiger partial charge in [-0.1, -0.05) is 66.2 Å². The number of rotatable bonds is 4. The van der Waals surface area contributed by atoms with Crippen LogP contribution in [-0.4, -0.2) is 40.4 Å². The second kappa shape index (κ2) is 9.18. The van der Waals surface area contributed by atoms with Gasteiger partial charge in [-0.2, -0.15) is 0 Å². The van der Waals surface area contributed by atoms with Gasteiger partial charge in [-0.15, -0.1) is 0 Å². The van der Waals surface area contributed by atoms with Crippen molar-refractivity contribution in [1.29, 1.82) is 0 Å². The van der Waals surface area contributed by atoms with E-state index in [9.17, 15) is 9.59 Å². The van der Waals surface area contributed by atoms with Crippen LogP contribution in [0.4, 0.5) is 0 Å². The van der Waals surface area contributed by atoms with Gasteiger partial charge in [0.15, 0.2) is 0 Å². The van der Waals surface area contributed by atoms with E-state index in [-0.39, 0.29) is 17.9 Å². The number of nitrogens with zero attached hydrogens (tertiary/aromatic N) is 2. The van der Waals surface area contributed by atoms with Gasteiger partial charge in [0.25, 0.3) is 11.8 Å². The molecule has 1 N–H and O–H groups in total. The van der Waals surface area contributed by atoms with E-state index >= 15 is 0 Å². The number of amides is 2. The smallest absolute Gasteiger partial charge is 0.254 e. The highest BCUT2D eigenvalue weighted by atomic mass is 16.2. The van der Waals surface area contributed by atoms with Gasteiger partial charge >= 0.3 is 0 Å². The number of aromatic nitrogens is 1. The van der Waals surface area contributed by atoms with E-state index in [2.05, 4.69) is 24.4 Å². The Morgan fingerprint density at radius 2 is 1.74 bits per heavy atom. The molecule has 4 aromatic rings.